The van der Waals surface area contributed by atoms with E-state index in [0.717, 1.165) is 57.0 Å². The second-order valence-corrected chi connectivity index (χ2v) is 9.27. The summed E-state index contributed by atoms with van der Waals surface area (Å²) in [6.45, 7) is 3.81. The summed E-state index contributed by atoms with van der Waals surface area (Å²) < 4.78 is 16.1. The Bertz CT molecular complexity index is 1710. The highest BCUT2D eigenvalue weighted by Crippen LogP contribution is 2.36. The van der Waals surface area contributed by atoms with Gasteiger partial charge in [-0.3, -0.25) is 0 Å². The van der Waals surface area contributed by atoms with Crippen molar-refractivity contribution >= 4 is 16.9 Å². The third kappa shape index (κ3) is 5.17. The minimum absolute atomic E-state index is 0.434. The number of benzene rings is 3. The van der Waals surface area contributed by atoms with Crippen LogP contribution in [0.4, 0.5) is 5.82 Å². The molecule has 2 N–H and O–H groups in total. The van der Waals surface area contributed by atoms with Crippen molar-refractivity contribution in [3.8, 4) is 28.3 Å². The first kappa shape index (κ1) is 24.2. The third-order valence-electron chi connectivity index (χ3n) is 6.61. The molecule has 3 heterocycles. The third-order valence-corrected chi connectivity index (χ3v) is 6.61. The van der Waals surface area contributed by atoms with Gasteiger partial charge in [0.25, 0.3) is 0 Å². The van der Waals surface area contributed by atoms with Crippen LogP contribution in [0.3, 0.4) is 0 Å². The first-order valence-corrected chi connectivity index (χ1v) is 12.7. The summed E-state index contributed by atoms with van der Waals surface area (Å²) in [5, 5.41) is 0.807. The summed E-state index contributed by atoms with van der Waals surface area (Å²) in [6, 6.07) is 24.3. The molecule has 8 nitrogen and oxygen atoms in total. The van der Waals surface area contributed by atoms with Crippen molar-refractivity contribution in [2.45, 2.75) is 20.1 Å². The highest BCUT2D eigenvalue weighted by Gasteiger charge is 2.17. The van der Waals surface area contributed by atoms with E-state index in [1.165, 1.54) is 6.33 Å². The lowest BCUT2D eigenvalue weighted by atomic mass is 10.0. The van der Waals surface area contributed by atoms with Crippen molar-refractivity contribution in [2.24, 2.45) is 0 Å². The van der Waals surface area contributed by atoms with Gasteiger partial charge in [0.15, 0.2) is 5.65 Å². The first-order chi connectivity index (χ1) is 19.2. The van der Waals surface area contributed by atoms with Gasteiger partial charge in [0.2, 0.25) is 0 Å². The quantitative estimate of drug-likeness (QED) is 0.260. The van der Waals surface area contributed by atoms with E-state index in [1.807, 2.05) is 70.8 Å². The van der Waals surface area contributed by atoms with Crippen LogP contribution >= 0.6 is 0 Å². The summed E-state index contributed by atoms with van der Waals surface area (Å²) in [5.74, 6) is 2.05. The minimum Gasteiger partial charge on any atom is -0.492 e. The molecule has 0 amide bonds. The van der Waals surface area contributed by atoms with E-state index in [-0.39, 0.29) is 0 Å². The van der Waals surface area contributed by atoms with Crippen molar-refractivity contribution < 1.29 is 9.47 Å². The molecule has 0 bridgehead atoms. The fourth-order valence-corrected chi connectivity index (χ4v) is 4.63. The number of nitrogens with zero attached hydrogens (tertiary/aromatic N) is 5. The zero-order chi connectivity index (χ0) is 26.6. The SMILES string of the molecule is Cc1cc(-c2cn(-c3cccc(OCCn4ccnc4)c3)c3ncnc(N)c23)ccc1OCc1ccccc1. The Morgan fingerprint density at radius 1 is 0.923 bits per heavy atom. The predicted octanol–water partition coefficient (Wildman–Crippen LogP) is 5.83. The number of hydrogen-bond donors (Lipinski definition) is 1. The number of anilines is 1. The second-order valence-electron chi connectivity index (χ2n) is 9.27. The van der Waals surface area contributed by atoms with Crippen molar-refractivity contribution in [1.82, 2.24) is 24.1 Å². The monoisotopic (exact) mass is 516 g/mol. The molecular weight excluding hydrogens is 488 g/mol. The van der Waals surface area contributed by atoms with Crippen LogP contribution in [0.5, 0.6) is 11.5 Å². The Kier molecular flexibility index (Phi) is 6.66. The average molecular weight is 517 g/mol. The van der Waals surface area contributed by atoms with Gasteiger partial charge in [-0.05, 0) is 47.9 Å². The number of aromatic nitrogens is 5. The number of aryl methyl sites for hydroxylation is 1. The van der Waals surface area contributed by atoms with Crippen LogP contribution in [0.15, 0.2) is 104 Å². The van der Waals surface area contributed by atoms with Crippen molar-refractivity contribution in [3.63, 3.8) is 0 Å². The van der Waals surface area contributed by atoms with Gasteiger partial charge in [-0.1, -0.05) is 42.5 Å². The van der Waals surface area contributed by atoms with Crippen molar-refractivity contribution in [3.05, 3.63) is 115 Å². The molecule has 8 heteroatoms. The van der Waals surface area contributed by atoms with E-state index in [4.69, 9.17) is 15.2 Å². The molecule has 0 atom stereocenters. The summed E-state index contributed by atoms with van der Waals surface area (Å²) in [7, 11) is 0. The maximum absolute atomic E-state index is 6.39. The Morgan fingerprint density at radius 3 is 2.64 bits per heavy atom. The number of hydrogen-bond acceptors (Lipinski definition) is 6. The maximum atomic E-state index is 6.39. The summed E-state index contributed by atoms with van der Waals surface area (Å²) >= 11 is 0. The van der Waals surface area contributed by atoms with Gasteiger partial charge in [0, 0.05) is 30.2 Å². The van der Waals surface area contributed by atoms with E-state index < -0.39 is 0 Å². The average Bonchev–Trinajstić information content (AvgIpc) is 3.62. The van der Waals surface area contributed by atoms with E-state index >= 15 is 0 Å². The lowest BCUT2D eigenvalue weighted by Gasteiger charge is -2.11. The topological polar surface area (TPSA) is 93.0 Å². The number of rotatable bonds is 9. The molecule has 0 aliphatic heterocycles. The molecule has 0 unspecified atom stereocenters. The van der Waals surface area contributed by atoms with Crippen LogP contribution in [0.1, 0.15) is 11.1 Å². The Balaban J connectivity index is 1.30. The van der Waals surface area contributed by atoms with Gasteiger partial charge in [-0.25, -0.2) is 15.0 Å². The van der Waals surface area contributed by atoms with Crippen LogP contribution in [0, 0.1) is 6.92 Å². The molecule has 0 saturated carbocycles. The Labute approximate surface area is 226 Å². The molecular formula is C31H28N6O2. The van der Waals surface area contributed by atoms with Gasteiger partial charge < -0.3 is 24.3 Å². The number of fused-ring (bicyclic) bond motifs is 1. The zero-order valence-electron chi connectivity index (χ0n) is 21.6. The van der Waals surface area contributed by atoms with Crippen LogP contribution < -0.4 is 15.2 Å². The van der Waals surface area contributed by atoms with Crippen LogP contribution in [0.25, 0.3) is 27.8 Å². The van der Waals surface area contributed by atoms with Crippen molar-refractivity contribution in [1.29, 1.82) is 0 Å². The van der Waals surface area contributed by atoms with Gasteiger partial charge in [0.05, 0.1) is 23.9 Å². The minimum atomic E-state index is 0.434. The van der Waals surface area contributed by atoms with Gasteiger partial charge >= 0.3 is 0 Å². The molecule has 6 rings (SSSR count). The number of imidazole rings is 1. The Morgan fingerprint density at radius 2 is 1.82 bits per heavy atom. The van der Waals surface area contributed by atoms with Crippen LogP contribution in [0.2, 0.25) is 0 Å². The maximum Gasteiger partial charge on any atom is 0.150 e. The van der Waals surface area contributed by atoms with Crippen molar-refractivity contribution in [2.75, 3.05) is 12.3 Å². The predicted molar refractivity (Wildman–Crippen MR) is 152 cm³/mol. The van der Waals surface area contributed by atoms with Crippen LogP contribution in [-0.2, 0) is 13.2 Å². The van der Waals surface area contributed by atoms with E-state index in [2.05, 4.69) is 45.4 Å². The first-order valence-electron chi connectivity index (χ1n) is 12.7. The largest absolute Gasteiger partial charge is 0.492 e. The molecule has 0 saturated heterocycles. The van der Waals surface area contributed by atoms with E-state index in [9.17, 15) is 0 Å². The highest BCUT2D eigenvalue weighted by atomic mass is 16.5. The van der Waals surface area contributed by atoms with Gasteiger partial charge in [-0.2, -0.15) is 0 Å². The summed E-state index contributed by atoms with van der Waals surface area (Å²) in [5.41, 5.74) is 12.2. The second kappa shape index (κ2) is 10.7. The van der Waals surface area contributed by atoms with Crippen LogP contribution in [-0.4, -0.2) is 30.7 Å². The fraction of sp³-hybridized carbons (Fsp3) is 0.129. The molecule has 0 aliphatic carbocycles. The van der Waals surface area contributed by atoms with Gasteiger partial charge in [0.1, 0.15) is 36.9 Å². The molecule has 0 radical (unpaired) electrons. The standard InChI is InChI=1S/C31H28N6O2/c1-22-16-24(10-11-28(22)39-19-23-6-3-2-4-7-23)27-18-37(31-29(27)30(32)34-20-35-31)25-8-5-9-26(17-25)38-15-14-36-13-12-33-21-36/h2-13,16-18,20-21H,14-15,19H2,1H3,(H2,32,34,35). The number of ether oxygens (including phenoxy) is 2. The molecule has 194 valence electrons. The zero-order valence-corrected chi connectivity index (χ0v) is 21.6. The fourth-order valence-electron chi connectivity index (χ4n) is 4.63. The molecule has 3 aromatic carbocycles. The summed E-state index contributed by atoms with van der Waals surface area (Å²) in [4.78, 5) is 12.9. The molecule has 39 heavy (non-hydrogen) atoms. The highest BCUT2D eigenvalue weighted by molar-refractivity contribution is 6.01. The molecule has 6 aromatic rings. The van der Waals surface area contributed by atoms with E-state index in [1.54, 1.807) is 12.5 Å². The number of nitrogen functional groups attached to an aromatic ring is 1. The molecule has 3 aromatic heterocycles. The Hall–Kier alpha value is -5.11. The number of nitrogens with two attached hydrogens (primary N) is 1. The summed E-state index contributed by atoms with van der Waals surface area (Å²) in [6.07, 6.45) is 9.01. The lowest BCUT2D eigenvalue weighted by molar-refractivity contribution is 0.298. The smallest absolute Gasteiger partial charge is 0.150 e. The van der Waals surface area contributed by atoms with Gasteiger partial charge in [-0.15, -0.1) is 0 Å². The lowest BCUT2D eigenvalue weighted by Crippen LogP contribution is -2.06. The normalized spacial score (nSPS) is 11.1. The molecule has 0 aliphatic rings. The van der Waals surface area contributed by atoms with E-state index in [0.29, 0.717) is 19.0 Å². The molecule has 0 spiro atoms. The molecule has 0 fully saturated rings.